The van der Waals surface area contributed by atoms with Gasteiger partial charge in [0, 0.05) is 19.1 Å². The number of aliphatic hydroxyl groups excluding tert-OH is 1. The van der Waals surface area contributed by atoms with E-state index in [9.17, 15) is 0 Å². The molecule has 3 heteroatoms. The van der Waals surface area contributed by atoms with E-state index in [0.717, 1.165) is 31.7 Å². The van der Waals surface area contributed by atoms with Gasteiger partial charge >= 0.3 is 0 Å². The number of nitrogens with zero attached hydrogens (tertiary/aromatic N) is 1. The molecule has 1 aromatic rings. The van der Waals surface area contributed by atoms with Crippen molar-refractivity contribution < 1.29 is 9.84 Å². The fraction of sp³-hybridized carbons (Fsp3) is 0.625. The Morgan fingerprint density at radius 1 is 1.11 bits per heavy atom. The van der Waals surface area contributed by atoms with Crippen LogP contribution in [0.1, 0.15) is 32.3 Å². The van der Waals surface area contributed by atoms with Crippen molar-refractivity contribution in [2.24, 2.45) is 0 Å². The predicted octanol–water partition coefficient (Wildman–Crippen LogP) is 2.86. The first kappa shape index (κ1) is 16.0. The number of hydrogen-bond donors (Lipinski definition) is 1. The third-order valence-corrected chi connectivity index (χ3v) is 3.51. The van der Waals surface area contributed by atoms with Crippen LogP contribution in [0.2, 0.25) is 0 Å². The van der Waals surface area contributed by atoms with Gasteiger partial charge in [-0.25, -0.2) is 0 Å². The molecule has 0 atom stereocenters. The van der Waals surface area contributed by atoms with Gasteiger partial charge in [-0.15, -0.1) is 0 Å². The molecule has 1 aromatic carbocycles. The van der Waals surface area contributed by atoms with Crippen LogP contribution in [0.5, 0.6) is 5.75 Å². The van der Waals surface area contributed by atoms with E-state index in [2.05, 4.69) is 37.8 Å². The summed E-state index contributed by atoms with van der Waals surface area (Å²) in [5.41, 5.74) is 1.24. The highest BCUT2D eigenvalue weighted by molar-refractivity contribution is 5.26. The Labute approximate surface area is 117 Å². The van der Waals surface area contributed by atoms with Gasteiger partial charge in [0.25, 0.3) is 0 Å². The molecule has 0 saturated carbocycles. The zero-order valence-electron chi connectivity index (χ0n) is 12.4. The molecule has 0 bridgehead atoms. The van der Waals surface area contributed by atoms with Crippen molar-refractivity contribution >= 4 is 0 Å². The Morgan fingerprint density at radius 2 is 1.74 bits per heavy atom. The first-order valence-electron chi connectivity index (χ1n) is 7.25. The Hall–Kier alpha value is -1.06. The zero-order chi connectivity index (χ0) is 14.1. The summed E-state index contributed by atoms with van der Waals surface area (Å²) in [6, 6.07) is 8.66. The van der Waals surface area contributed by atoms with E-state index in [-0.39, 0.29) is 6.61 Å². The van der Waals surface area contributed by atoms with E-state index in [4.69, 9.17) is 9.84 Å². The molecule has 1 N–H and O–H groups in total. The lowest BCUT2D eigenvalue weighted by Gasteiger charge is -2.29. The van der Waals surface area contributed by atoms with Gasteiger partial charge in [0.2, 0.25) is 0 Å². The average Bonchev–Trinajstić information content (AvgIpc) is 2.42. The summed E-state index contributed by atoms with van der Waals surface area (Å²) in [5, 5.41) is 9.14. The topological polar surface area (TPSA) is 32.7 Å². The quantitative estimate of drug-likeness (QED) is 0.745. The minimum Gasteiger partial charge on any atom is -0.492 e. The summed E-state index contributed by atoms with van der Waals surface area (Å²) in [5.74, 6) is 0.916. The first-order valence-corrected chi connectivity index (χ1v) is 7.25. The van der Waals surface area contributed by atoms with Crippen LogP contribution in [0.15, 0.2) is 24.3 Å². The monoisotopic (exact) mass is 265 g/mol. The summed E-state index contributed by atoms with van der Waals surface area (Å²) >= 11 is 0. The summed E-state index contributed by atoms with van der Waals surface area (Å²) in [7, 11) is 0. The van der Waals surface area contributed by atoms with Crippen molar-refractivity contribution in [3.8, 4) is 5.75 Å². The second-order valence-electron chi connectivity index (χ2n) is 4.89. The van der Waals surface area contributed by atoms with Gasteiger partial charge in [0.15, 0.2) is 0 Å². The predicted molar refractivity (Wildman–Crippen MR) is 79.7 cm³/mol. The molecule has 0 fully saturated rings. The van der Waals surface area contributed by atoms with Gasteiger partial charge in [-0.05, 0) is 31.9 Å². The average molecular weight is 265 g/mol. The van der Waals surface area contributed by atoms with E-state index in [1.54, 1.807) is 0 Å². The van der Waals surface area contributed by atoms with Crippen LogP contribution in [0.4, 0.5) is 0 Å². The van der Waals surface area contributed by atoms with Crippen LogP contribution in [-0.4, -0.2) is 42.4 Å². The van der Waals surface area contributed by atoms with Crippen LogP contribution in [0.3, 0.4) is 0 Å². The normalized spacial score (nSPS) is 11.3. The van der Waals surface area contributed by atoms with Crippen molar-refractivity contribution in [3.63, 3.8) is 0 Å². The van der Waals surface area contributed by atoms with Crippen LogP contribution in [0.25, 0.3) is 0 Å². The lowest BCUT2D eigenvalue weighted by molar-refractivity contribution is 0.122. The summed E-state index contributed by atoms with van der Waals surface area (Å²) in [6.07, 6.45) is 2.22. The van der Waals surface area contributed by atoms with E-state index in [0.29, 0.717) is 12.6 Å². The summed E-state index contributed by atoms with van der Waals surface area (Å²) < 4.78 is 5.75. The summed E-state index contributed by atoms with van der Waals surface area (Å²) in [4.78, 5) is 2.31. The molecule has 0 unspecified atom stereocenters. The largest absolute Gasteiger partial charge is 0.492 e. The molecule has 0 heterocycles. The molecule has 0 aliphatic carbocycles. The van der Waals surface area contributed by atoms with E-state index in [1.165, 1.54) is 5.56 Å². The molecule has 3 nitrogen and oxygen atoms in total. The highest BCUT2D eigenvalue weighted by Gasteiger charge is 2.14. The number of rotatable bonds is 9. The minimum atomic E-state index is 0.209. The van der Waals surface area contributed by atoms with E-state index in [1.807, 2.05) is 12.1 Å². The minimum absolute atomic E-state index is 0.209. The number of ether oxygens (including phenoxy) is 1. The lowest BCUT2D eigenvalue weighted by atomic mass is 10.1. The van der Waals surface area contributed by atoms with Crippen molar-refractivity contribution in [3.05, 3.63) is 29.8 Å². The first-order chi connectivity index (χ1) is 9.21. The number of aryl methyl sites for hydroxylation is 1. The molecule has 19 heavy (non-hydrogen) atoms. The standard InChI is InChI=1S/C16H27NO2/c1-4-15(5-2)17(10-12-18)11-13-19-16-8-6-14(3)7-9-16/h6-9,15,18H,4-5,10-13H2,1-3H3. The van der Waals surface area contributed by atoms with Crippen LogP contribution in [-0.2, 0) is 0 Å². The van der Waals surface area contributed by atoms with Gasteiger partial charge in [-0.3, -0.25) is 4.90 Å². The van der Waals surface area contributed by atoms with Gasteiger partial charge in [0.05, 0.1) is 6.61 Å². The fourth-order valence-electron chi connectivity index (χ4n) is 2.33. The Bertz CT molecular complexity index is 333. The van der Waals surface area contributed by atoms with Gasteiger partial charge in [-0.1, -0.05) is 31.5 Å². The summed E-state index contributed by atoms with van der Waals surface area (Å²) in [6.45, 7) is 8.92. The van der Waals surface area contributed by atoms with Gasteiger partial charge in [0.1, 0.15) is 12.4 Å². The highest BCUT2D eigenvalue weighted by atomic mass is 16.5. The van der Waals surface area contributed by atoms with E-state index < -0.39 is 0 Å². The molecule has 0 spiro atoms. The van der Waals surface area contributed by atoms with Gasteiger partial charge in [-0.2, -0.15) is 0 Å². The maximum Gasteiger partial charge on any atom is 0.119 e. The molecule has 108 valence electrons. The second kappa shape index (κ2) is 8.94. The number of benzene rings is 1. The molecular weight excluding hydrogens is 238 g/mol. The smallest absolute Gasteiger partial charge is 0.119 e. The Morgan fingerprint density at radius 3 is 2.26 bits per heavy atom. The van der Waals surface area contributed by atoms with E-state index >= 15 is 0 Å². The Balaban J connectivity index is 2.41. The molecule has 0 aliphatic rings. The van der Waals surface area contributed by atoms with Crippen LogP contribution in [0, 0.1) is 6.92 Å². The second-order valence-corrected chi connectivity index (χ2v) is 4.89. The third kappa shape index (κ3) is 5.62. The maximum atomic E-state index is 9.14. The van der Waals surface area contributed by atoms with Crippen LogP contribution < -0.4 is 4.74 Å². The van der Waals surface area contributed by atoms with Crippen LogP contribution >= 0.6 is 0 Å². The molecular formula is C16H27NO2. The molecule has 0 amide bonds. The zero-order valence-corrected chi connectivity index (χ0v) is 12.4. The molecule has 0 saturated heterocycles. The highest BCUT2D eigenvalue weighted by Crippen LogP contribution is 2.12. The van der Waals surface area contributed by atoms with Crippen molar-refractivity contribution in [1.82, 2.24) is 4.90 Å². The molecule has 0 aromatic heterocycles. The van der Waals surface area contributed by atoms with Crippen molar-refractivity contribution in [1.29, 1.82) is 0 Å². The fourth-order valence-corrected chi connectivity index (χ4v) is 2.33. The molecule has 1 rings (SSSR count). The molecule has 0 radical (unpaired) electrons. The molecule has 0 aliphatic heterocycles. The van der Waals surface area contributed by atoms with Crippen molar-refractivity contribution in [2.75, 3.05) is 26.3 Å². The number of aliphatic hydroxyl groups is 1. The Kier molecular flexibility index (Phi) is 7.53. The van der Waals surface area contributed by atoms with Gasteiger partial charge < -0.3 is 9.84 Å². The SMILES string of the molecule is CCC(CC)N(CCO)CCOc1ccc(C)cc1. The maximum absolute atomic E-state index is 9.14. The number of hydrogen-bond acceptors (Lipinski definition) is 3. The third-order valence-electron chi connectivity index (χ3n) is 3.51. The van der Waals surface area contributed by atoms with Crippen molar-refractivity contribution in [2.45, 2.75) is 39.7 Å². The lowest BCUT2D eigenvalue weighted by Crippen LogP contribution is -2.39.